The third kappa shape index (κ3) is 1.90. The number of carbonyl (C=O) groups is 1. The number of halogens is 1. The average molecular weight is 238 g/mol. The van der Waals surface area contributed by atoms with Gasteiger partial charge in [-0.05, 0) is 24.6 Å². The molecule has 16 heavy (non-hydrogen) atoms. The SMILES string of the molecule is Cc1ccc(Cl)cc1-n1ncc(C(=O)O)n1. The van der Waals surface area contributed by atoms with Gasteiger partial charge >= 0.3 is 5.97 Å². The van der Waals surface area contributed by atoms with Crippen LogP contribution in [0.25, 0.3) is 5.69 Å². The third-order valence-corrected chi connectivity index (χ3v) is 2.33. The summed E-state index contributed by atoms with van der Waals surface area (Å²) in [7, 11) is 0. The van der Waals surface area contributed by atoms with E-state index in [1.54, 1.807) is 12.1 Å². The highest BCUT2D eigenvalue weighted by molar-refractivity contribution is 6.30. The van der Waals surface area contributed by atoms with Crippen LogP contribution in [0.4, 0.5) is 0 Å². The lowest BCUT2D eigenvalue weighted by atomic mass is 10.2. The minimum absolute atomic E-state index is 0.0978. The highest BCUT2D eigenvalue weighted by Gasteiger charge is 2.10. The minimum atomic E-state index is -1.11. The second-order valence-corrected chi connectivity index (χ2v) is 3.69. The first-order chi connectivity index (χ1) is 7.58. The van der Waals surface area contributed by atoms with Crippen LogP contribution in [0.15, 0.2) is 24.4 Å². The van der Waals surface area contributed by atoms with Gasteiger partial charge in [-0.1, -0.05) is 17.7 Å². The van der Waals surface area contributed by atoms with Crippen LogP contribution in [-0.2, 0) is 0 Å². The number of aromatic carboxylic acids is 1. The van der Waals surface area contributed by atoms with Crippen LogP contribution >= 0.6 is 11.6 Å². The number of aryl methyl sites for hydroxylation is 1. The predicted octanol–water partition coefficient (Wildman–Crippen LogP) is 1.93. The van der Waals surface area contributed by atoms with Gasteiger partial charge in [0, 0.05) is 5.02 Å². The Morgan fingerprint density at radius 3 is 2.88 bits per heavy atom. The molecule has 0 aliphatic rings. The molecule has 1 heterocycles. The van der Waals surface area contributed by atoms with Crippen molar-refractivity contribution in [3.05, 3.63) is 40.7 Å². The van der Waals surface area contributed by atoms with E-state index < -0.39 is 5.97 Å². The number of rotatable bonds is 2. The van der Waals surface area contributed by atoms with E-state index in [2.05, 4.69) is 10.2 Å². The molecule has 1 aromatic heterocycles. The minimum Gasteiger partial charge on any atom is -0.476 e. The molecule has 82 valence electrons. The fourth-order valence-electron chi connectivity index (χ4n) is 1.28. The molecule has 0 saturated carbocycles. The zero-order chi connectivity index (χ0) is 11.7. The van der Waals surface area contributed by atoms with Crippen LogP contribution in [0, 0.1) is 6.92 Å². The monoisotopic (exact) mass is 237 g/mol. The molecule has 6 heteroatoms. The van der Waals surface area contributed by atoms with Gasteiger partial charge in [-0.25, -0.2) is 4.79 Å². The molecule has 0 radical (unpaired) electrons. The average Bonchev–Trinajstić information content (AvgIpc) is 2.70. The van der Waals surface area contributed by atoms with E-state index in [0.717, 1.165) is 5.56 Å². The molecule has 0 spiro atoms. The van der Waals surface area contributed by atoms with Gasteiger partial charge in [0.05, 0.1) is 11.9 Å². The number of aromatic nitrogens is 3. The molecule has 0 bridgehead atoms. The number of nitrogens with zero attached hydrogens (tertiary/aromatic N) is 3. The van der Waals surface area contributed by atoms with Crippen molar-refractivity contribution >= 4 is 17.6 Å². The summed E-state index contributed by atoms with van der Waals surface area (Å²) in [6, 6.07) is 5.26. The summed E-state index contributed by atoms with van der Waals surface area (Å²) >= 11 is 5.85. The molecule has 5 nitrogen and oxygen atoms in total. The summed E-state index contributed by atoms with van der Waals surface area (Å²) < 4.78 is 0. The fraction of sp³-hybridized carbons (Fsp3) is 0.100. The standard InChI is InChI=1S/C10H8ClN3O2/c1-6-2-3-7(11)4-9(6)14-12-5-8(13-14)10(15)16/h2-5H,1H3,(H,15,16). The maximum Gasteiger partial charge on any atom is 0.358 e. The Kier molecular flexibility index (Phi) is 2.62. The van der Waals surface area contributed by atoms with Gasteiger partial charge in [-0.2, -0.15) is 9.90 Å². The van der Waals surface area contributed by atoms with Crippen LogP contribution < -0.4 is 0 Å². The smallest absolute Gasteiger partial charge is 0.358 e. The first kappa shape index (κ1) is 10.6. The van der Waals surface area contributed by atoms with Crippen molar-refractivity contribution in [2.45, 2.75) is 6.92 Å². The maximum absolute atomic E-state index is 10.7. The highest BCUT2D eigenvalue weighted by Crippen LogP contribution is 2.17. The molecule has 0 aliphatic carbocycles. The zero-order valence-electron chi connectivity index (χ0n) is 8.38. The number of carboxylic acid groups (broad SMARTS) is 1. The van der Waals surface area contributed by atoms with E-state index in [0.29, 0.717) is 10.7 Å². The van der Waals surface area contributed by atoms with Crippen molar-refractivity contribution in [2.24, 2.45) is 0 Å². The van der Waals surface area contributed by atoms with Gasteiger partial charge in [0.25, 0.3) is 0 Å². The third-order valence-electron chi connectivity index (χ3n) is 2.10. The van der Waals surface area contributed by atoms with Crippen LogP contribution in [0.2, 0.25) is 5.02 Å². The van der Waals surface area contributed by atoms with E-state index in [-0.39, 0.29) is 5.69 Å². The maximum atomic E-state index is 10.7. The Bertz CT molecular complexity index is 551. The zero-order valence-corrected chi connectivity index (χ0v) is 9.14. The molecule has 0 fully saturated rings. The molecule has 0 unspecified atom stereocenters. The van der Waals surface area contributed by atoms with E-state index in [1.165, 1.54) is 11.0 Å². The van der Waals surface area contributed by atoms with Gasteiger partial charge < -0.3 is 5.11 Å². The van der Waals surface area contributed by atoms with Gasteiger partial charge in [-0.15, -0.1) is 5.10 Å². The topological polar surface area (TPSA) is 68.0 Å². The Labute approximate surface area is 96.3 Å². The lowest BCUT2D eigenvalue weighted by molar-refractivity contribution is 0.0690. The summed E-state index contributed by atoms with van der Waals surface area (Å²) in [6.45, 7) is 1.87. The van der Waals surface area contributed by atoms with Crippen LogP contribution in [0.5, 0.6) is 0 Å². The fourth-order valence-corrected chi connectivity index (χ4v) is 1.44. The molecule has 0 atom stereocenters. The molecule has 2 rings (SSSR count). The lowest BCUT2D eigenvalue weighted by Gasteiger charge is -2.03. The molecule has 0 aliphatic heterocycles. The number of hydrogen-bond donors (Lipinski definition) is 1. The Morgan fingerprint density at radius 2 is 2.25 bits per heavy atom. The Hall–Kier alpha value is -1.88. The molecular formula is C10H8ClN3O2. The van der Waals surface area contributed by atoms with Crippen molar-refractivity contribution in [3.63, 3.8) is 0 Å². The molecule has 0 amide bonds. The van der Waals surface area contributed by atoms with Gasteiger partial charge in [-0.3, -0.25) is 0 Å². The van der Waals surface area contributed by atoms with Crippen LogP contribution in [-0.4, -0.2) is 26.1 Å². The van der Waals surface area contributed by atoms with Gasteiger partial charge in [0.15, 0.2) is 5.69 Å². The lowest BCUT2D eigenvalue weighted by Crippen LogP contribution is -2.03. The molecular weight excluding hydrogens is 230 g/mol. The normalized spacial score (nSPS) is 10.4. The van der Waals surface area contributed by atoms with E-state index in [9.17, 15) is 4.79 Å². The quantitative estimate of drug-likeness (QED) is 0.867. The summed E-state index contributed by atoms with van der Waals surface area (Å²) in [5.74, 6) is -1.11. The molecule has 1 aromatic carbocycles. The van der Waals surface area contributed by atoms with Crippen molar-refractivity contribution in [3.8, 4) is 5.69 Å². The van der Waals surface area contributed by atoms with Crippen molar-refractivity contribution in [2.75, 3.05) is 0 Å². The predicted molar refractivity (Wildman–Crippen MR) is 58.1 cm³/mol. The summed E-state index contributed by atoms with van der Waals surface area (Å²) in [5.41, 5.74) is 1.48. The second-order valence-electron chi connectivity index (χ2n) is 3.26. The summed E-state index contributed by atoms with van der Waals surface area (Å²) in [4.78, 5) is 11.9. The highest BCUT2D eigenvalue weighted by atomic mass is 35.5. The molecule has 2 aromatic rings. The van der Waals surface area contributed by atoms with Gasteiger partial charge in [0.1, 0.15) is 0 Å². The van der Waals surface area contributed by atoms with E-state index >= 15 is 0 Å². The number of carboxylic acids is 1. The largest absolute Gasteiger partial charge is 0.476 e. The number of hydrogen-bond acceptors (Lipinski definition) is 3. The second kappa shape index (κ2) is 3.94. The van der Waals surface area contributed by atoms with Gasteiger partial charge in [0.2, 0.25) is 0 Å². The van der Waals surface area contributed by atoms with Crippen LogP contribution in [0.3, 0.4) is 0 Å². The Morgan fingerprint density at radius 1 is 1.50 bits per heavy atom. The van der Waals surface area contributed by atoms with Crippen molar-refractivity contribution < 1.29 is 9.90 Å². The summed E-state index contributed by atoms with van der Waals surface area (Å²) in [5, 5.41) is 17.0. The number of benzene rings is 1. The molecule has 0 saturated heterocycles. The van der Waals surface area contributed by atoms with Crippen molar-refractivity contribution in [1.82, 2.24) is 15.0 Å². The summed E-state index contributed by atoms with van der Waals surface area (Å²) in [6.07, 6.45) is 1.20. The first-order valence-corrected chi connectivity index (χ1v) is 4.88. The van der Waals surface area contributed by atoms with E-state index in [1.807, 2.05) is 13.0 Å². The van der Waals surface area contributed by atoms with Crippen LogP contribution in [0.1, 0.15) is 16.1 Å². The molecule has 1 N–H and O–H groups in total. The van der Waals surface area contributed by atoms with E-state index in [4.69, 9.17) is 16.7 Å². The van der Waals surface area contributed by atoms with Crippen molar-refractivity contribution in [1.29, 1.82) is 0 Å². The Balaban J connectivity index is 2.50. The first-order valence-electron chi connectivity index (χ1n) is 4.50.